The van der Waals surface area contributed by atoms with Crippen LogP contribution >= 0.6 is 0 Å². The molecule has 0 N–H and O–H groups in total. The van der Waals surface area contributed by atoms with E-state index in [0.717, 1.165) is 11.0 Å². The molecule has 0 atom stereocenters. The lowest BCUT2D eigenvalue weighted by Gasteiger charge is -2.11. The van der Waals surface area contributed by atoms with Gasteiger partial charge in [-0.05, 0) is 37.6 Å². The Morgan fingerprint density at radius 2 is 1.69 bits per heavy atom. The van der Waals surface area contributed by atoms with E-state index in [9.17, 15) is 4.79 Å². The Labute approximate surface area is 169 Å². The molecule has 0 unspecified atom stereocenters. The Kier molecular flexibility index (Phi) is 7.22. The Bertz CT molecular complexity index is 961. The minimum absolute atomic E-state index is 0.210. The SMILES string of the molecule is CCOC(=O)CCCOc1cccc(OCc2nc3ccccc3nc2OC)c1. The fourth-order valence-electron chi connectivity index (χ4n) is 2.72. The summed E-state index contributed by atoms with van der Waals surface area (Å²) in [6, 6.07) is 14.9. The van der Waals surface area contributed by atoms with Gasteiger partial charge in [-0.1, -0.05) is 18.2 Å². The molecule has 0 bridgehead atoms. The van der Waals surface area contributed by atoms with Crippen LogP contribution in [-0.2, 0) is 16.1 Å². The van der Waals surface area contributed by atoms with E-state index < -0.39 is 0 Å². The maximum atomic E-state index is 11.3. The molecule has 3 rings (SSSR count). The molecule has 3 aromatic rings. The first kappa shape index (κ1) is 20.4. The molecular weight excluding hydrogens is 372 g/mol. The summed E-state index contributed by atoms with van der Waals surface area (Å²) in [6.07, 6.45) is 0.929. The fourth-order valence-corrected chi connectivity index (χ4v) is 2.72. The van der Waals surface area contributed by atoms with Crippen molar-refractivity contribution in [2.75, 3.05) is 20.3 Å². The molecular formula is C22H24N2O5. The normalized spacial score (nSPS) is 10.6. The highest BCUT2D eigenvalue weighted by Crippen LogP contribution is 2.23. The van der Waals surface area contributed by atoms with Crippen molar-refractivity contribution >= 4 is 17.0 Å². The summed E-state index contributed by atoms with van der Waals surface area (Å²) in [5, 5.41) is 0. The van der Waals surface area contributed by atoms with Gasteiger partial charge in [0.1, 0.15) is 23.8 Å². The number of benzene rings is 2. The molecule has 0 aliphatic heterocycles. The second-order valence-corrected chi connectivity index (χ2v) is 6.19. The van der Waals surface area contributed by atoms with Crippen LogP contribution in [-0.4, -0.2) is 36.3 Å². The molecule has 0 radical (unpaired) electrons. The van der Waals surface area contributed by atoms with Crippen LogP contribution in [0.1, 0.15) is 25.5 Å². The molecule has 1 heterocycles. The number of carbonyl (C=O) groups is 1. The van der Waals surface area contributed by atoms with Gasteiger partial charge in [0.2, 0.25) is 5.88 Å². The van der Waals surface area contributed by atoms with Gasteiger partial charge >= 0.3 is 5.97 Å². The summed E-state index contributed by atoms with van der Waals surface area (Å²) in [7, 11) is 1.56. The third kappa shape index (κ3) is 5.81. The maximum Gasteiger partial charge on any atom is 0.305 e. The number of para-hydroxylation sites is 2. The van der Waals surface area contributed by atoms with Gasteiger partial charge in [0.05, 0.1) is 31.4 Å². The van der Waals surface area contributed by atoms with Gasteiger partial charge in [-0.15, -0.1) is 0 Å². The summed E-state index contributed by atoms with van der Waals surface area (Å²) in [5.41, 5.74) is 2.17. The molecule has 0 aliphatic rings. The highest BCUT2D eigenvalue weighted by Gasteiger charge is 2.10. The van der Waals surface area contributed by atoms with Crippen molar-refractivity contribution in [2.24, 2.45) is 0 Å². The highest BCUT2D eigenvalue weighted by molar-refractivity contribution is 5.74. The average molecular weight is 396 g/mol. The Morgan fingerprint density at radius 3 is 2.41 bits per heavy atom. The zero-order valence-corrected chi connectivity index (χ0v) is 16.6. The number of ether oxygens (including phenoxy) is 4. The van der Waals surface area contributed by atoms with Crippen molar-refractivity contribution < 1.29 is 23.7 Å². The highest BCUT2D eigenvalue weighted by atomic mass is 16.5. The van der Waals surface area contributed by atoms with Gasteiger partial charge in [0.25, 0.3) is 0 Å². The number of methoxy groups -OCH3 is 1. The minimum atomic E-state index is -0.210. The fraction of sp³-hybridized carbons (Fsp3) is 0.318. The Balaban J connectivity index is 1.58. The van der Waals surface area contributed by atoms with Crippen molar-refractivity contribution in [2.45, 2.75) is 26.4 Å². The quantitative estimate of drug-likeness (QED) is 0.379. The van der Waals surface area contributed by atoms with E-state index in [0.29, 0.717) is 49.1 Å². The number of hydrogen-bond donors (Lipinski definition) is 0. The molecule has 0 fully saturated rings. The zero-order chi connectivity index (χ0) is 20.5. The number of hydrogen-bond acceptors (Lipinski definition) is 7. The smallest absolute Gasteiger partial charge is 0.305 e. The lowest BCUT2D eigenvalue weighted by atomic mass is 10.3. The van der Waals surface area contributed by atoms with Gasteiger partial charge in [0.15, 0.2) is 0 Å². The van der Waals surface area contributed by atoms with Crippen LogP contribution in [0, 0.1) is 0 Å². The van der Waals surface area contributed by atoms with Crippen LogP contribution in [0.5, 0.6) is 17.4 Å². The Morgan fingerprint density at radius 1 is 0.966 bits per heavy atom. The molecule has 0 spiro atoms. The zero-order valence-electron chi connectivity index (χ0n) is 16.6. The summed E-state index contributed by atoms with van der Waals surface area (Å²) in [4.78, 5) is 20.4. The second kappa shape index (κ2) is 10.3. The van der Waals surface area contributed by atoms with Crippen molar-refractivity contribution in [3.63, 3.8) is 0 Å². The predicted octanol–water partition coefficient (Wildman–Crippen LogP) is 3.94. The maximum absolute atomic E-state index is 11.3. The first-order chi connectivity index (χ1) is 14.2. The number of fused-ring (bicyclic) bond motifs is 1. The van der Waals surface area contributed by atoms with Crippen LogP contribution < -0.4 is 14.2 Å². The van der Waals surface area contributed by atoms with Crippen molar-refractivity contribution in [1.29, 1.82) is 0 Å². The second-order valence-electron chi connectivity index (χ2n) is 6.19. The van der Waals surface area contributed by atoms with Crippen molar-refractivity contribution in [1.82, 2.24) is 9.97 Å². The van der Waals surface area contributed by atoms with E-state index in [1.54, 1.807) is 20.1 Å². The van der Waals surface area contributed by atoms with Crippen molar-refractivity contribution in [3.05, 3.63) is 54.2 Å². The number of esters is 1. The van der Waals surface area contributed by atoms with Crippen molar-refractivity contribution in [3.8, 4) is 17.4 Å². The first-order valence-electron chi connectivity index (χ1n) is 9.50. The van der Waals surface area contributed by atoms with Crippen LogP contribution in [0.25, 0.3) is 11.0 Å². The third-order valence-electron chi connectivity index (χ3n) is 4.08. The van der Waals surface area contributed by atoms with Crippen LogP contribution in [0.15, 0.2) is 48.5 Å². The molecule has 152 valence electrons. The molecule has 1 aromatic heterocycles. The van der Waals surface area contributed by atoms with Crippen LogP contribution in [0.2, 0.25) is 0 Å². The topological polar surface area (TPSA) is 79.8 Å². The summed E-state index contributed by atoms with van der Waals surface area (Å²) < 4.78 is 21.8. The number of aromatic nitrogens is 2. The lowest BCUT2D eigenvalue weighted by molar-refractivity contribution is -0.143. The van der Waals surface area contributed by atoms with Crippen LogP contribution in [0.3, 0.4) is 0 Å². The van der Waals surface area contributed by atoms with Crippen LogP contribution in [0.4, 0.5) is 0 Å². The van der Waals surface area contributed by atoms with Gasteiger partial charge in [-0.3, -0.25) is 4.79 Å². The van der Waals surface area contributed by atoms with Gasteiger partial charge < -0.3 is 18.9 Å². The molecule has 7 heteroatoms. The van der Waals surface area contributed by atoms with E-state index in [2.05, 4.69) is 9.97 Å². The minimum Gasteiger partial charge on any atom is -0.493 e. The number of nitrogens with zero attached hydrogens (tertiary/aromatic N) is 2. The first-order valence-corrected chi connectivity index (χ1v) is 9.50. The molecule has 0 aliphatic carbocycles. The largest absolute Gasteiger partial charge is 0.493 e. The predicted molar refractivity (Wildman–Crippen MR) is 108 cm³/mol. The molecule has 0 saturated heterocycles. The standard InChI is InChI=1S/C22H24N2O5/c1-3-27-21(25)12-7-13-28-16-8-6-9-17(14-16)29-15-20-22(26-2)24-19-11-5-4-10-18(19)23-20/h4-6,8-11,14H,3,7,12-13,15H2,1-2H3. The van der Waals surface area contributed by atoms with E-state index >= 15 is 0 Å². The van der Waals surface area contributed by atoms with E-state index in [4.69, 9.17) is 18.9 Å². The monoisotopic (exact) mass is 396 g/mol. The molecule has 0 saturated carbocycles. The van der Waals surface area contributed by atoms with E-state index in [1.165, 1.54) is 0 Å². The molecule has 29 heavy (non-hydrogen) atoms. The van der Waals surface area contributed by atoms with E-state index in [1.807, 2.05) is 42.5 Å². The summed E-state index contributed by atoms with van der Waals surface area (Å²) in [6.45, 7) is 2.82. The van der Waals surface area contributed by atoms with Gasteiger partial charge in [-0.25, -0.2) is 9.97 Å². The summed E-state index contributed by atoms with van der Waals surface area (Å²) in [5.74, 6) is 1.54. The third-order valence-corrected chi connectivity index (χ3v) is 4.08. The lowest BCUT2D eigenvalue weighted by Crippen LogP contribution is -2.07. The number of carbonyl (C=O) groups excluding carboxylic acids is 1. The van der Waals surface area contributed by atoms with E-state index in [-0.39, 0.29) is 12.6 Å². The molecule has 0 amide bonds. The molecule has 7 nitrogen and oxygen atoms in total. The molecule has 2 aromatic carbocycles. The van der Waals surface area contributed by atoms with Gasteiger partial charge in [0, 0.05) is 12.5 Å². The average Bonchev–Trinajstić information content (AvgIpc) is 2.75. The number of rotatable bonds is 10. The summed E-state index contributed by atoms with van der Waals surface area (Å²) >= 11 is 0. The van der Waals surface area contributed by atoms with Gasteiger partial charge in [-0.2, -0.15) is 0 Å². The Hall–Kier alpha value is -3.35.